The van der Waals surface area contributed by atoms with Crippen molar-refractivity contribution in [3.8, 4) is 0 Å². The summed E-state index contributed by atoms with van der Waals surface area (Å²) in [7, 11) is -4.58. The third-order valence-electron chi connectivity index (χ3n) is 3.31. The molecule has 0 aromatic heterocycles. The zero-order chi connectivity index (χ0) is 19.8. The Morgan fingerprint density at radius 1 is 1.12 bits per heavy atom. The summed E-state index contributed by atoms with van der Waals surface area (Å²) in [5, 5.41) is 18.9. The Morgan fingerprint density at radius 3 is 2.00 bits per heavy atom. The topological polar surface area (TPSA) is 131 Å². The van der Waals surface area contributed by atoms with E-state index in [2.05, 4.69) is 4.84 Å². The Morgan fingerprint density at radius 2 is 1.62 bits per heavy atom. The number of nitrogens with zero attached hydrogens (tertiary/aromatic N) is 2. The third kappa shape index (κ3) is 5.28. The summed E-state index contributed by atoms with van der Waals surface area (Å²) in [6, 6.07) is 5.35. The van der Waals surface area contributed by atoms with Crippen LogP contribution in [0.4, 0.5) is 0 Å². The van der Waals surface area contributed by atoms with Crippen molar-refractivity contribution in [3.05, 3.63) is 56.1 Å². The summed E-state index contributed by atoms with van der Waals surface area (Å²) in [5.41, 5.74) is 0.0195. The minimum atomic E-state index is -4.58. The van der Waals surface area contributed by atoms with Gasteiger partial charge in [-0.2, -0.15) is 0 Å². The molecule has 13 heteroatoms. The van der Waals surface area contributed by atoms with Gasteiger partial charge in [0.15, 0.2) is 0 Å². The molecule has 10 nitrogen and oxygen atoms in total. The molecule has 0 aliphatic rings. The molecule has 0 aliphatic carbocycles. The van der Waals surface area contributed by atoms with Crippen molar-refractivity contribution in [2.24, 2.45) is 0 Å². The van der Waals surface area contributed by atoms with Crippen LogP contribution in [0, 0.1) is 20.2 Å². The fraction of sp³-hybridized carbons (Fsp3) is 0.538. The minimum Gasteiger partial charge on any atom is -0.305 e. The van der Waals surface area contributed by atoms with E-state index >= 15 is 0 Å². The van der Waals surface area contributed by atoms with Gasteiger partial charge in [-0.15, -0.1) is 33.3 Å². The van der Waals surface area contributed by atoms with Gasteiger partial charge in [-0.05, 0) is 6.92 Å². The van der Waals surface area contributed by atoms with Gasteiger partial charge in [0.25, 0.3) is 16.5 Å². The lowest BCUT2D eigenvalue weighted by molar-refractivity contribution is -0.785. The number of hydrogen-bond donors (Lipinski definition) is 0. The van der Waals surface area contributed by atoms with E-state index in [1.165, 1.54) is 24.3 Å². The van der Waals surface area contributed by atoms with E-state index in [0.29, 0.717) is 0 Å². The molecule has 0 saturated heterocycles. The molecule has 0 aliphatic heterocycles. The van der Waals surface area contributed by atoms with Crippen molar-refractivity contribution in [1.29, 1.82) is 0 Å². The van der Waals surface area contributed by atoms with Crippen molar-refractivity contribution >= 4 is 30.8 Å². The molecule has 0 spiro atoms. The molecule has 1 aromatic rings. The van der Waals surface area contributed by atoms with E-state index in [4.69, 9.17) is 32.2 Å². The molecular weight excluding hydrogens is 414 g/mol. The van der Waals surface area contributed by atoms with Crippen LogP contribution in [0.2, 0.25) is 0 Å². The smallest absolute Gasteiger partial charge is 0.305 e. The molecule has 2 atom stereocenters. The summed E-state index contributed by atoms with van der Waals surface area (Å²) < 4.78 is 23.5. The Labute approximate surface area is 159 Å². The number of hydrogen-bond acceptors (Lipinski definition) is 8. The maximum Gasteiger partial charge on any atom is 0.369 e. The molecule has 2 unspecified atom stereocenters. The number of nitro groups is 1. The van der Waals surface area contributed by atoms with Gasteiger partial charge >= 0.3 is 7.60 Å². The number of alkyl halides is 2. The van der Waals surface area contributed by atoms with Gasteiger partial charge in [0.05, 0.1) is 13.2 Å². The van der Waals surface area contributed by atoms with Crippen LogP contribution < -0.4 is 0 Å². The zero-order valence-electron chi connectivity index (χ0n) is 13.7. The molecule has 0 saturated carbocycles. The summed E-state index contributed by atoms with van der Waals surface area (Å²) in [5.74, 6) is -0.255. The van der Waals surface area contributed by atoms with E-state index in [1.807, 2.05) is 0 Å². The van der Waals surface area contributed by atoms with E-state index in [-0.39, 0.29) is 30.5 Å². The fourth-order valence-electron chi connectivity index (χ4n) is 2.27. The van der Waals surface area contributed by atoms with Gasteiger partial charge < -0.3 is 9.05 Å². The van der Waals surface area contributed by atoms with E-state index in [0.717, 1.165) is 6.92 Å². The second-order valence-electron chi connectivity index (χ2n) is 5.01. The lowest BCUT2D eigenvalue weighted by Gasteiger charge is -2.35. The van der Waals surface area contributed by atoms with Crippen molar-refractivity contribution in [3.63, 3.8) is 0 Å². The van der Waals surface area contributed by atoms with Crippen LogP contribution in [-0.2, 0) is 18.5 Å². The number of rotatable bonds is 12. The fourth-order valence-corrected chi connectivity index (χ4v) is 4.59. The Balaban J connectivity index is 3.55. The average molecular weight is 431 g/mol. The molecular formula is C13H17Cl2N2O8P. The van der Waals surface area contributed by atoms with Crippen LogP contribution in [0.3, 0.4) is 0 Å². The first-order chi connectivity index (χ1) is 12.2. The highest BCUT2D eigenvalue weighted by atomic mass is 35.5. The van der Waals surface area contributed by atoms with Crippen molar-refractivity contribution in [2.75, 3.05) is 25.0 Å². The molecule has 0 bridgehead atoms. The van der Waals surface area contributed by atoms with Gasteiger partial charge in [-0.3, -0.25) is 19.5 Å². The SMILES string of the molecule is CC(O[N+](=O)[O-])(C(c1ccccc1)[N+](=O)[O-])P(=O)(OCCCl)OCCCl. The Kier molecular flexibility index (Phi) is 8.72. The first-order valence-electron chi connectivity index (χ1n) is 7.25. The van der Waals surface area contributed by atoms with Crippen LogP contribution in [0.1, 0.15) is 18.5 Å². The van der Waals surface area contributed by atoms with Gasteiger partial charge in [0.1, 0.15) is 0 Å². The Hall–Kier alpha value is -1.45. The second-order valence-corrected chi connectivity index (χ2v) is 8.17. The maximum absolute atomic E-state index is 13.3. The lowest BCUT2D eigenvalue weighted by atomic mass is 10.0. The first kappa shape index (κ1) is 22.6. The normalized spacial score (nSPS) is 15.0. The molecule has 0 fully saturated rings. The molecule has 0 heterocycles. The Bertz CT molecular complexity index is 653. The maximum atomic E-state index is 13.3. The number of benzene rings is 1. The van der Waals surface area contributed by atoms with Crippen molar-refractivity contribution in [2.45, 2.75) is 18.3 Å². The van der Waals surface area contributed by atoms with Gasteiger partial charge in [-0.25, -0.2) is 0 Å². The van der Waals surface area contributed by atoms with E-state index < -0.39 is 29.0 Å². The first-order valence-corrected chi connectivity index (χ1v) is 9.86. The highest BCUT2D eigenvalue weighted by Gasteiger charge is 2.63. The summed E-state index contributed by atoms with van der Waals surface area (Å²) in [6.45, 7) is 0.257. The molecule has 1 rings (SSSR count). The van der Waals surface area contributed by atoms with Crippen LogP contribution >= 0.6 is 30.8 Å². The molecule has 0 N–H and O–H groups in total. The van der Waals surface area contributed by atoms with E-state index in [9.17, 15) is 24.8 Å². The summed E-state index contributed by atoms with van der Waals surface area (Å²) >= 11 is 11.0. The van der Waals surface area contributed by atoms with Gasteiger partial charge in [0, 0.05) is 22.2 Å². The third-order valence-corrected chi connectivity index (χ3v) is 6.08. The lowest BCUT2D eigenvalue weighted by Crippen LogP contribution is -2.43. The number of halogens is 2. The van der Waals surface area contributed by atoms with Crippen LogP contribution in [-0.4, -0.2) is 40.3 Å². The minimum absolute atomic E-state index is 0.0195. The van der Waals surface area contributed by atoms with Gasteiger partial charge in [0.2, 0.25) is 0 Å². The van der Waals surface area contributed by atoms with Crippen molar-refractivity contribution in [1.82, 2.24) is 0 Å². The van der Waals surface area contributed by atoms with Crippen molar-refractivity contribution < 1.29 is 28.5 Å². The summed E-state index contributed by atoms with van der Waals surface area (Å²) in [6.07, 6.45) is 0. The molecule has 1 aromatic carbocycles. The highest BCUT2D eigenvalue weighted by molar-refractivity contribution is 7.55. The molecule has 26 heavy (non-hydrogen) atoms. The molecule has 0 amide bonds. The molecule has 146 valence electrons. The average Bonchev–Trinajstić information content (AvgIpc) is 2.58. The van der Waals surface area contributed by atoms with E-state index in [1.54, 1.807) is 6.07 Å². The van der Waals surface area contributed by atoms with Gasteiger partial charge in [-0.1, -0.05) is 30.3 Å². The van der Waals surface area contributed by atoms with Crippen LogP contribution in [0.15, 0.2) is 30.3 Å². The monoisotopic (exact) mass is 430 g/mol. The van der Waals surface area contributed by atoms with Crippen LogP contribution in [0.5, 0.6) is 0 Å². The largest absolute Gasteiger partial charge is 0.369 e. The zero-order valence-corrected chi connectivity index (χ0v) is 16.1. The molecule has 0 radical (unpaired) electrons. The predicted octanol–water partition coefficient (Wildman–Crippen LogP) is 3.63. The van der Waals surface area contributed by atoms with Crippen LogP contribution in [0.25, 0.3) is 0 Å². The quantitative estimate of drug-likeness (QED) is 0.212. The summed E-state index contributed by atoms with van der Waals surface area (Å²) in [4.78, 5) is 26.5. The standard InChI is InChI=1S/C13H17Cl2N2O8P/c1-13(25-17(20)21,26(22,23-9-7-14)24-10-8-15)12(16(18)19)11-5-3-2-4-6-11/h2-6,12H,7-10H2,1H3. The second kappa shape index (κ2) is 10.0. The highest BCUT2D eigenvalue weighted by Crippen LogP contribution is 2.65. The predicted molar refractivity (Wildman–Crippen MR) is 93.6 cm³/mol.